The van der Waals surface area contributed by atoms with Crippen molar-refractivity contribution in [3.8, 4) is 6.07 Å². The van der Waals surface area contributed by atoms with Gasteiger partial charge in [-0.2, -0.15) is 5.26 Å². The molecule has 9 heteroatoms. The Labute approximate surface area is 166 Å². The number of nitrogens with zero attached hydrogens (tertiary/aromatic N) is 4. The molecule has 0 bridgehead atoms. The Morgan fingerprint density at radius 3 is 2.62 bits per heavy atom. The van der Waals surface area contributed by atoms with Crippen molar-refractivity contribution in [1.29, 1.82) is 5.26 Å². The third-order valence-corrected chi connectivity index (χ3v) is 5.38. The first-order valence-corrected chi connectivity index (χ1v) is 9.41. The fourth-order valence-corrected chi connectivity index (χ4v) is 3.60. The minimum Gasteiger partial charge on any atom is -0.381 e. The van der Waals surface area contributed by atoms with Crippen molar-refractivity contribution in [3.05, 3.63) is 41.6 Å². The lowest BCUT2D eigenvalue weighted by molar-refractivity contribution is 0.0675. The van der Waals surface area contributed by atoms with Gasteiger partial charge in [-0.15, -0.1) is 0 Å². The third-order valence-electron chi connectivity index (χ3n) is 5.38. The molecule has 0 radical (unpaired) electrons. The molecule has 2 fully saturated rings. The van der Waals surface area contributed by atoms with E-state index < -0.39 is 18.0 Å². The molecule has 2 aliphatic heterocycles. The zero-order valence-electron chi connectivity index (χ0n) is 15.6. The summed E-state index contributed by atoms with van der Waals surface area (Å²) in [5.74, 6) is 1.15. The number of ether oxygens (including phenoxy) is 1. The molecule has 0 aromatic carbocycles. The highest BCUT2D eigenvalue weighted by molar-refractivity contribution is 5.60. The van der Waals surface area contributed by atoms with E-state index in [4.69, 9.17) is 4.74 Å². The fourth-order valence-electron chi connectivity index (χ4n) is 3.60. The second kappa shape index (κ2) is 7.87. The molecular weight excluding hydrogens is 383 g/mol. The van der Waals surface area contributed by atoms with E-state index in [1.807, 2.05) is 6.07 Å². The van der Waals surface area contributed by atoms with Gasteiger partial charge < -0.3 is 15.0 Å². The first kappa shape index (κ1) is 19.5. The number of rotatable bonds is 5. The molecule has 4 rings (SSSR count). The quantitative estimate of drug-likeness (QED) is 0.817. The Kier molecular flexibility index (Phi) is 5.28. The van der Waals surface area contributed by atoms with E-state index in [9.17, 15) is 18.4 Å². The van der Waals surface area contributed by atoms with E-state index in [1.165, 1.54) is 18.3 Å². The van der Waals surface area contributed by atoms with E-state index in [1.54, 1.807) is 11.0 Å². The lowest BCUT2D eigenvalue weighted by Crippen LogP contribution is -2.49. The van der Waals surface area contributed by atoms with Gasteiger partial charge in [-0.25, -0.2) is 23.1 Å². The van der Waals surface area contributed by atoms with Crippen LogP contribution in [-0.2, 0) is 10.2 Å². The first-order valence-electron chi connectivity index (χ1n) is 9.41. The number of anilines is 3. The number of hydrogen-bond acceptors (Lipinski definition) is 6. The van der Waals surface area contributed by atoms with Crippen molar-refractivity contribution in [2.45, 2.75) is 30.9 Å². The van der Waals surface area contributed by atoms with Crippen LogP contribution in [0.3, 0.4) is 0 Å². The Hall–Kier alpha value is -2.86. The molecule has 0 unspecified atom stereocenters. The van der Waals surface area contributed by atoms with E-state index in [2.05, 4.69) is 21.4 Å². The molecule has 0 atom stereocenters. The van der Waals surface area contributed by atoms with Gasteiger partial charge in [0.25, 0.3) is 6.43 Å². The van der Waals surface area contributed by atoms with E-state index in [0.29, 0.717) is 37.7 Å². The summed E-state index contributed by atoms with van der Waals surface area (Å²) in [6.07, 6.45) is -1.14. The lowest BCUT2D eigenvalue weighted by Gasteiger charge is -2.37. The van der Waals surface area contributed by atoms with Crippen LogP contribution >= 0.6 is 0 Å². The number of nitriles is 1. The number of aromatic nitrogens is 2. The molecule has 2 aromatic heterocycles. The van der Waals surface area contributed by atoms with Crippen molar-refractivity contribution in [2.75, 3.05) is 36.5 Å². The molecule has 152 valence electrons. The van der Waals surface area contributed by atoms with Crippen LogP contribution in [0.15, 0.2) is 30.5 Å². The molecule has 4 heterocycles. The van der Waals surface area contributed by atoms with Crippen LogP contribution in [0.25, 0.3) is 0 Å². The highest BCUT2D eigenvalue weighted by Crippen LogP contribution is 2.38. The molecule has 2 aliphatic rings. The highest BCUT2D eigenvalue weighted by Gasteiger charge is 2.37. The minimum atomic E-state index is -2.61. The van der Waals surface area contributed by atoms with Gasteiger partial charge in [0.1, 0.15) is 23.6 Å². The minimum absolute atomic E-state index is 0.153. The second-order valence-electron chi connectivity index (χ2n) is 7.31. The molecule has 0 spiro atoms. The van der Waals surface area contributed by atoms with Gasteiger partial charge in [0, 0.05) is 25.0 Å². The summed E-state index contributed by atoms with van der Waals surface area (Å²) < 4.78 is 44.8. The number of hydrogen-bond donors (Lipinski definition) is 1. The van der Waals surface area contributed by atoms with Crippen molar-refractivity contribution in [1.82, 2.24) is 9.97 Å². The van der Waals surface area contributed by atoms with Crippen LogP contribution in [0.5, 0.6) is 0 Å². The van der Waals surface area contributed by atoms with Crippen molar-refractivity contribution in [3.63, 3.8) is 0 Å². The number of halogens is 3. The van der Waals surface area contributed by atoms with Crippen LogP contribution in [0, 0.1) is 11.3 Å². The summed E-state index contributed by atoms with van der Waals surface area (Å²) in [5.41, 5.74) is -0.132. The normalized spacial score (nSPS) is 18.9. The standard InChI is InChI=1S/C20H20F3N5O/c21-15-10-28(11-15)18-9-14(20(12-24)2-5-29-6-3-20)8-17(27-18)26-16-7-13(19(22)23)1-4-25-16/h1,4,7-9,15,19H,2-3,5-6,10-11H2,(H,25,26,27). The summed E-state index contributed by atoms with van der Waals surface area (Å²) in [6.45, 7) is 1.42. The molecule has 6 nitrogen and oxygen atoms in total. The van der Waals surface area contributed by atoms with Gasteiger partial charge in [-0.1, -0.05) is 0 Å². The van der Waals surface area contributed by atoms with E-state index in [0.717, 1.165) is 5.56 Å². The molecule has 2 saturated heterocycles. The van der Waals surface area contributed by atoms with Crippen molar-refractivity contribution >= 4 is 17.5 Å². The Morgan fingerprint density at radius 1 is 1.21 bits per heavy atom. The average molecular weight is 403 g/mol. The van der Waals surface area contributed by atoms with Gasteiger partial charge in [0.05, 0.1) is 24.6 Å². The van der Waals surface area contributed by atoms with Gasteiger partial charge >= 0.3 is 0 Å². The zero-order valence-corrected chi connectivity index (χ0v) is 15.6. The second-order valence-corrected chi connectivity index (χ2v) is 7.31. The molecule has 0 aliphatic carbocycles. The van der Waals surface area contributed by atoms with E-state index in [-0.39, 0.29) is 24.5 Å². The number of pyridine rings is 2. The van der Waals surface area contributed by atoms with E-state index >= 15 is 0 Å². The summed E-state index contributed by atoms with van der Waals surface area (Å²) in [6, 6.07) is 8.48. The van der Waals surface area contributed by atoms with Crippen LogP contribution in [0.1, 0.15) is 30.4 Å². The lowest BCUT2D eigenvalue weighted by atomic mass is 9.75. The predicted octanol–water partition coefficient (Wildman–Crippen LogP) is 3.89. The van der Waals surface area contributed by atoms with Gasteiger partial charge in [-0.05, 0) is 42.7 Å². The smallest absolute Gasteiger partial charge is 0.264 e. The van der Waals surface area contributed by atoms with Crippen LogP contribution in [-0.4, -0.2) is 42.4 Å². The van der Waals surface area contributed by atoms with Crippen LogP contribution < -0.4 is 10.2 Å². The topological polar surface area (TPSA) is 74.1 Å². The summed E-state index contributed by atoms with van der Waals surface area (Å²) in [5, 5.41) is 12.9. The van der Waals surface area contributed by atoms with Crippen molar-refractivity contribution in [2.24, 2.45) is 0 Å². The summed E-state index contributed by atoms with van der Waals surface area (Å²) in [4.78, 5) is 10.4. The average Bonchev–Trinajstić information content (AvgIpc) is 2.72. The predicted molar refractivity (Wildman–Crippen MR) is 101 cm³/mol. The maximum absolute atomic E-state index is 13.4. The maximum atomic E-state index is 13.4. The largest absolute Gasteiger partial charge is 0.381 e. The molecule has 29 heavy (non-hydrogen) atoms. The van der Waals surface area contributed by atoms with Crippen LogP contribution in [0.4, 0.5) is 30.6 Å². The fraction of sp³-hybridized carbons (Fsp3) is 0.450. The molecular formula is C20H20F3N5O. The molecule has 2 aromatic rings. The maximum Gasteiger partial charge on any atom is 0.264 e. The Bertz CT molecular complexity index is 921. The first-order chi connectivity index (χ1) is 14.0. The van der Waals surface area contributed by atoms with Gasteiger partial charge in [-0.3, -0.25) is 0 Å². The molecule has 1 N–H and O–H groups in total. The zero-order chi connectivity index (χ0) is 20.4. The Morgan fingerprint density at radius 2 is 1.97 bits per heavy atom. The summed E-state index contributed by atoms with van der Waals surface area (Å²) >= 11 is 0. The number of nitrogens with one attached hydrogen (secondary N) is 1. The molecule has 0 amide bonds. The third kappa shape index (κ3) is 3.98. The summed E-state index contributed by atoms with van der Waals surface area (Å²) in [7, 11) is 0. The van der Waals surface area contributed by atoms with Crippen LogP contribution in [0.2, 0.25) is 0 Å². The van der Waals surface area contributed by atoms with Gasteiger partial charge in [0.15, 0.2) is 0 Å². The number of alkyl halides is 3. The highest BCUT2D eigenvalue weighted by atomic mass is 19.3. The van der Waals surface area contributed by atoms with Crippen molar-refractivity contribution < 1.29 is 17.9 Å². The monoisotopic (exact) mass is 403 g/mol. The molecule has 0 saturated carbocycles. The Balaban J connectivity index is 1.70. The van der Waals surface area contributed by atoms with Gasteiger partial charge in [0.2, 0.25) is 0 Å². The SMILES string of the molecule is N#CC1(c2cc(Nc3cc(C(F)F)ccn3)nc(N3CC(F)C3)c2)CCOCC1.